The molecule has 2 rings (SSSR count). The zero-order valence-corrected chi connectivity index (χ0v) is 17.3. The third kappa shape index (κ3) is 6.06. The number of methoxy groups -OCH3 is 2. The summed E-state index contributed by atoms with van der Waals surface area (Å²) in [5.41, 5.74) is 6.77. The van der Waals surface area contributed by atoms with Crippen molar-refractivity contribution in [2.45, 2.75) is 19.4 Å². The van der Waals surface area contributed by atoms with E-state index in [-0.39, 0.29) is 17.1 Å². The average Bonchev–Trinajstić information content (AvgIpc) is 2.74. The molecule has 0 aliphatic carbocycles. The number of hydrogen-bond donors (Lipinski definition) is 2. The highest BCUT2D eigenvalue weighted by atomic mass is 16.6. The number of anilines is 1. The lowest BCUT2D eigenvalue weighted by Crippen LogP contribution is -2.32. The zero-order valence-electron chi connectivity index (χ0n) is 17.3. The van der Waals surface area contributed by atoms with Gasteiger partial charge in [-0.15, -0.1) is 0 Å². The van der Waals surface area contributed by atoms with Crippen molar-refractivity contribution in [1.29, 1.82) is 0 Å². The fourth-order valence-corrected chi connectivity index (χ4v) is 2.68. The Morgan fingerprint density at radius 3 is 2.45 bits per heavy atom. The fourth-order valence-electron chi connectivity index (χ4n) is 2.68. The smallest absolute Gasteiger partial charge is 0.273 e. The first-order valence-corrected chi connectivity index (χ1v) is 9.22. The first-order valence-electron chi connectivity index (χ1n) is 9.22. The van der Waals surface area contributed by atoms with Gasteiger partial charge in [-0.25, -0.2) is 0 Å². The monoisotopic (exact) mass is 429 g/mol. The number of nitro groups is 1. The minimum absolute atomic E-state index is 0.0804. The predicted octanol–water partition coefficient (Wildman–Crippen LogP) is 2.79. The van der Waals surface area contributed by atoms with E-state index in [1.54, 1.807) is 12.1 Å². The highest BCUT2D eigenvalue weighted by Gasteiger charge is 2.24. The van der Waals surface area contributed by atoms with E-state index >= 15 is 0 Å². The van der Waals surface area contributed by atoms with Crippen LogP contribution in [0.5, 0.6) is 11.5 Å². The minimum atomic E-state index is -1.44. The molecule has 2 aromatic carbocycles. The van der Waals surface area contributed by atoms with Gasteiger partial charge in [0, 0.05) is 6.07 Å². The molecule has 11 heteroatoms. The number of benzene rings is 2. The third-order valence-electron chi connectivity index (χ3n) is 4.24. The van der Waals surface area contributed by atoms with Crippen LogP contribution in [-0.2, 0) is 16.0 Å². The van der Waals surface area contributed by atoms with Gasteiger partial charge in [0.05, 0.1) is 30.9 Å². The first kappa shape index (κ1) is 23.4. The molecule has 0 spiro atoms. The van der Waals surface area contributed by atoms with E-state index in [1.165, 1.54) is 39.3 Å². The number of carbonyl (C=O) groups is 2. The summed E-state index contributed by atoms with van der Waals surface area (Å²) in [5, 5.41) is 21.3. The van der Waals surface area contributed by atoms with Crippen LogP contribution in [0.1, 0.15) is 12.5 Å². The molecule has 0 fully saturated rings. The molecule has 1 unspecified atom stereocenters. The fraction of sp³-hybridized carbons (Fsp3) is 0.300. The van der Waals surface area contributed by atoms with Crippen molar-refractivity contribution in [3.63, 3.8) is 0 Å². The highest BCUT2D eigenvalue weighted by Crippen LogP contribution is 2.32. The molecule has 31 heavy (non-hydrogen) atoms. The van der Waals surface area contributed by atoms with E-state index in [1.807, 2.05) is 6.07 Å². The summed E-state index contributed by atoms with van der Waals surface area (Å²) >= 11 is 0. The van der Waals surface area contributed by atoms with Crippen LogP contribution in [0.2, 0.25) is 0 Å². The lowest BCUT2D eigenvalue weighted by Gasteiger charge is -2.14. The number of ketones is 1. The highest BCUT2D eigenvalue weighted by molar-refractivity contribution is 6.10. The molecule has 3 N–H and O–H groups in total. The summed E-state index contributed by atoms with van der Waals surface area (Å²) in [5.74, 6) is -0.762. The number of carbonyl (C=O) groups excluding carboxylic acids is 2. The molecule has 164 valence electrons. The number of Topliss-reactive ketones (excluding diaryl/α,β-unsaturated/α-hetero) is 1. The standard InChI is InChI=1S/C20H23N5O6/c1-12(26)19(24-23-15-6-5-14(25(28)29)11-18(15)31-3)20(27)22-16-10-13(8-9-21)4-7-17(16)30-2/h4-7,10-11,19H,8-9,21H2,1-3H3,(H,22,27). The van der Waals surface area contributed by atoms with Gasteiger partial charge in [0.25, 0.3) is 11.6 Å². The second-order valence-corrected chi connectivity index (χ2v) is 6.40. The molecule has 0 saturated heterocycles. The van der Waals surface area contributed by atoms with Crippen LogP contribution < -0.4 is 20.5 Å². The molecule has 0 aromatic heterocycles. The SMILES string of the molecule is COc1cc([N+](=O)[O-])ccc1N=NC(C(C)=O)C(=O)Nc1cc(CCN)ccc1OC. The number of rotatable bonds is 10. The third-order valence-corrected chi connectivity index (χ3v) is 4.24. The molecular weight excluding hydrogens is 406 g/mol. The Bertz CT molecular complexity index is 1010. The summed E-state index contributed by atoms with van der Waals surface area (Å²) in [4.78, 5) is 35.1. The van der Waals surface area contributed by atoms with Crippen molar-refractivity contribution >= 4 is 28.8 Å². The molecule has 0 bridgehead atoms. The number of nitrogens with one attached hydrogen (secondary N) is 1. The van der Waals surface area contributed by atoms with Gasteiger partial charge >= 0.3 is 0 Å². The van der Waals surface area contributed by atoms with E-state index in [0.717, 1.165) is 5.56 Å². The van der Waals surface area contributed by atoms with Crippen molar-refractivity contribution in [2.75, 3.05) is 26.1 Å². The van der Waals surface area contributed by atoms with Gasteiger partial charge < -0.3 is 20.5 Å². The van der Waals surface area contributed by atoms with Gasteiger partial charge in [0.1, 0.15) is 11.4 Å². The summed E-state index contributed by atoms with van der Waals surface area (Å²) in [6.07, 6.45) is 0.600. The summed E-state index contributed by atoms with van der Waals surface area (Å²) < 4.78 is 10.3. The van der Waals surface area contributed by atoms with E-state index in [0.29, 0.717) is 24.4 Å². The van der Waals surface area contributed by atoms with E-state index in [4.69, 9.17) is 15.2 Å². The maximum Gasteiger partial charge on any atom is 0.273 e. The number of non-ortho nitro benzene ring substituents is 1. The van der Waals surface area contributed by atoms with E-state index < -0.39 is 22.7 Å². The van der Waals surface area contributed by atoms with Gasteiger partial charge in [0.2, 0.25) is 6.04 Å². The van der Waals surface area contributed by atoms with Crippen molar-refractivity contribution in [1.82, 2.24) is 0 Å². The molecule has 0 aliphatic rings. The number of hydrogen-bond acceptors (Lipinski definition) is 9. The Morgan fingerprint density at radius 1 is 1.16 bits per heavy atom. The summed E-state index contributed by atoms with van der Waals surface area (Å²) in [7, 11) is 2.77. The van der Waals surface area contributed by atoms with Crippen LogP contribution in [0.4, 0.5) is 17.1 Å². The molecule has 1 atom stereocenters. The number of nitrogens with zero attached hydrogens (tertiary/aromatic N) is 3. The Kier molecular flexibility index (Phi) is 8.15. The van der Waals surface area contributed by atoms with Crippen molar-refractivity contribution in [2.24, 2.45) is 16.0 Å². The number of azo groups is 1. The van der Waals surface area contributed by atoms with Crippen LogP contribution in [0.25, 0.3) is 0 Å². The second kappa shape index (κ2) is 10.8. The molecule has 0 heterocycles. The minimum Gasteiger partial charge on any atom is -0.495 e. The first-order chi connectivity index (χ1) is 14.8. The Labute approximate surface area is 178 Å². The maximum absolute atomic E-state index is 12.7. The zero-order chi connectivity index (χ0) is 23.0. The molecule has 11 nitrogen and oxygen atoms in total. The van der Waals surface area contributed by atoms with E-state index in [2.05, 4.69) is 15.5 Å². The normalized spacial score (nSPS) is 11.7. The average molecular weight is 429 g/mol. The summed E-state index contributed by atoms with van der Waals surface area (Å²) in [6.45, 7) is 1.64. The molecule has 0 aliphatic heterocycles. The molecule has 2 aromatic rings. The summed E-state index contributed by atoms with van der Waals surface area (Å²) in [6, 6.07) is 7.48. The topological polar surface area (TPSA) is 159 Å². The Morgan fingerprint density at radius 2 is 1.87 bits per heavy atom. The molecule has 0 saturated carbocycles. The van der Waals surface area contributed by atoms with Crippen LogP contribution in [0, 0.1) is 10.1 Å². The molecular formula is C20H23N5O6. The van der Waals surface area contributed by atoms with Gasteiger partial charge in [-0.2, -0.15) is 10.2 Å². The lowest BCUT2D eigenvalue weighted by atomic mass is 10.1. The Hall–Kier alpha value is -3.86. The molecule has 0 radical (unpaired) electrons. The van der Waals surface area contributed by atoms with Crippen molar-refractivity contribution in [3.05, 3.63) is 52.1 Å². The number of nitrogens with two attached hydrogens (primary N) is 1. The number of ether oxygens (including phenoxy) is 2. The molecule has 1 amide bonds. The lowest BCUT2D eigenvalue weighted by molar-refractivity contribution is -0.384. The van der Waals surface area contributed by atoms with Crippen molar-refractivity contribution < 1.29 is 24.0 Å². The maximum atomic E-state index is 12.7. The van der Waals surface area contributed by atoms with Gasteiger partial charge in [-0.05, 0) is 43.7 Å². The van der Waals surface area contributed by atoms with Crippen LogP contribution >= 0.6 is 0 Å². The Balaban J connectivity index is 2.29. The quantitative estimate of drug-likeness (QED) is 0.254. The van der Waals surface area contributed by atoms with Gasteiger partial charge in [-0.1, -0.05) is 6.07 Å². The largest absolute Gasteiger partial charge is 0.495 e. The number of amides is 1. The van der Waals surface area contributed by atoms with Crippen LogP contribution in [0.15, 0.2) is 46.6 Å². The predicted molar refractivity (Wildman–Crippen MR) is 113 cm³/mol. The van der Waals surface area contributed by atoms with E-state index in [9.17, 15) is 19.7 Å². The van der Waals surface area contributed by atoms with Crippen LogP contribution in [0.3, 0.4) is 0 Å². The van der Waals surface area contributed by atoms with Gasteiger partial charge in [0.15, 0.2) is 11.5 Å². The van der Waals surface area contributed by atoms with Crippen molar-refractivity contribution in [3.8, 4) is 11.5 Å². The van der Waals surface area contributed by atoms with Gasteiger partial charge in [-0.3, -0.25) is 19.7 Å². The van der Waals surface area contributed by atoms with Crippen LogP contribution in [-0.4, -0.2) is 43.4 Å². The number of nitro benzene ring substituents is 1. The second-order valence-electron chi connectivity index (χ2n) is 6.40.